The number of rotatable bonds is 18. The van der Waals surface area contributed by atoms with Crippen LogP contribution in [-0.2, 0) is 0 Å². The van der Waals surface area contributed by atoms with Gasteiger partial charge in [0.25, 0.3) is 35.4 Å². The van der Waals surface area contributed by atoms with Gasteiger partial charge in [0.1, 0.15) is 34.5 Å². The first-order chi connectivity index (χ1) is 69.6. The first-order valence-electron chi connectivity index (χ1n) is 45.1. The van der Waals surface area contributed by atoms with Crippen molar-refractivity contribution in [1.29, 1.82) is 0 Å². The Morgan fingerprint density at radius 2 is 0.452 bits per heavy atom. The van der Waals surface area contributed by atoms with Crippen molar-refractivity contribution < 1.29 is 59.4 Å². The van der Waals surface area contributed by atoms with E-state index in [1.807, 2.05) is 221 Å². The lowest BCUT2D eigenvalue weighted by atomic mass is 9.97. The van der Waals surface area contributed by atoms with Gasteiger partial charge >= 0.3 is 0 Å². The molecular formula is C122H106N12O12. The summed E-state index contributed by atoms with van der Waals surface area (Å²) in [7, 11) is 0. The van der Waals surface area contributed by atoms with Gasteiger partial charge in [-0.15, -0.1) is 0 Å². The minimum Gasteiger partial charge on any atom is -0.507 e. The molecule has 0 spiro atoms. The molecule has 0 bridgehead atoms. The Balaban J connectivity index is 0.000000156. The molecule has 0 aliphatic carbocycles. The molecule has 0 atom stereocenters. The van der Waals surface area contributed by atoms with Gasteiger partial charge in [-0.3, -0.25) is 28.8 Å². The number of fused-ring (bicyclic) bond motifs is 8. The summed E-state index contributed by atoms with van der Waals surface area (Å²) in [5.41, 5.74) is 24.7. The number of phenols is 6. The third-order valence-electron chi connectivity index (χ3n) is 22.7. The second kappa shape index (κ2) is 51.2. The molecule has 0 radical (unpaired) electrons. The number of amides is 6. The van der Waals surface area contributed by atoms with Crippen LogP contribution in [0, 0.1) is 20.8 Å². The highest BCUT2D eigenvalue weighted by Gasteiger charge is 2.17. The fourth-order valence-corrected chi connectivity index (χ4v) is 15.1. The van der Waals surface area contributed by atoms with Gasteiger partial charge in [-0.25, -0.2) is 32.6 Å². The van der Waals surface area contributed by atoms with Crippen LogP contribution >= 0.6 is 0 Å². The molecule has 0 saturated carbocycles. The Hall–Kier alpha value is -19.9. The zero-order valence-corrected chi connectivity index (χ0v) is 77.5. The van der Waals surface area contributed by atoms with Crippen molar-refractivity contribution >= 4 is 159 Å². The van der Waals surface area contributed by atoms with Crippen molar-refractivity contribution in [3.63, 3.8) is 0 Å². The van der Waals surface area contributed by atoms with Crippen molar-refractivity contribution in [3.05, 3.63) is 490 Å². The van der Waals surface area contributed by atoms with E-state index in [1.54, 1.807) is 146 Å². The molecule has 0 aliphatic heterocycles. The van der Waals surface area contributed by atoms with E-state index in [-0.39, 0.29) is 91.5 Å². The zero-order chi connectivity index (χ0) is 99.9. The van der Waals surface area contributed by atoms with Crippen LogP contribution in [0.15, 0.2) is 437 Å². The summed E-state index contributed by atoms with van der Waals surface area (Å²) < 4.78 is 0. The van der Waals surface area contributed by atoms with E-state index >= 15 is 0 Å². The number of aryl methyl sites for hydroxylation is 3. The number of nitrogens with one attached hydrogen (secondary N) is 6. The maximum absolute atomic E-state index is 12.6. The first-order valence-corrected chi connectivity index (χ1v) is 45.1. The maximum atomic E-state index is 12.6. The fraction of sp³-hybridized carbons (Fsp3) is 0.0492. The van der Waals surface area contributed by atoms with E-state index in [1.165, 1.54) is 42.4 Å². The summed E-state index contributed by atoms with van der Waals surface area (Å²) >= 11 is 0. The van der Waals surface area contributed by atoms with Crippen LogP contribution in [0.3, 0.4) is 0 Å². The van der Waals surface area contributed by atoms with Gasteiger partial charge in [-0.05, 0) is 240 Å². The van der Waals surface area contributed by atoms with Crippen LogP contribution in [0.1, 0.15) is 134 Å². The molecular weight excluding hydrogens is 1830 g/mol. The Labute approximate surface area is 843 Å². The highest BCUT2D eigenvalue weighted by atomic mass is 16.3. The highest BCUT2D eigenvalue weighted by Crippen LogP contribution is 2.32. The summed E-state index contributed by atoms with van der Waals surface area (Å²) in [5, 5.41) is 99.2. The van der Waals surface area contributed by atoms with E-state index in [9.17, 15) is 59.4 Å². The molecule has 0 heterocycles. The monoisotopic (exact) mass is 1930 g/mol. The Kier molecular flexibility index (Phi) is 36.8. The molecule has 20 rings (SSSR count). The molecule has 24 heteroatoms. The number of hydrogen-bond donors (Lipinski definition) is 12. The summed E-state index contributed by atoms with van der Waals surface area (Å²) in [6.45, 7) is 5.91. The van der Waals surface area contributed by atoms with E-state index in [4.69, 9.17) is 0 Å². The van der Waals surface area contributed by atoms with E-state index < -0.39 is 11.8 Å². The lowest BCUT2D eigenvalue weighted by Gasteiger charge is -2.08. The maximum Gasteiger partial charge on any atom is 0.275 e. The Morgan fingerprint density at radius 3 is 0.856 bits per heavy atom. The van der Waals surface area contributed by atoms with Gasteiger partial charge < -0.3 is 30.6 Å². The van der Waals surface area contributed by atoms with Crippen molar-refractivity contribution in [1.82, 2.24) is 32.6 Å². The Bertz CT molecular complexity index is 8240. The minimum absolute atomic E-state index is 0. The molecule has 0 saturated heterocycles. The molecule has 20 aromatic rings. The number of hydrazone groups is 6. The quantitative estimate of drug-likeness (QED) is 0.0217. The number of para-hydroxylation sites is 3. The van der Waals surface area contributed by atoms with Crippen LogP contribution in [-0.4, -0.2) is 103 Å². The largest absolute Gasteiger partial charge is 0.507 e. The van der Waals surface area contributed by atoms with Crippen LogP contribution in [0.4, 0.5) is 0 Å². The number of carbonyl (C=O) groups is 6. The normalized spacial score (nSPS) is 10.8. The second-order valence-corrected chi connectivity index (χ2v) is 32.7. The SMILES string of the molecule is C.C.C.Cc1ccc(C(=O)N/N=C/c2c(O)ccc3ccccc23)cc1.Cc1ccc(C(=O)N/N=C/c2c3ccccc3cc3ccccc23)cc1.Cc1ccc(C(=O)N/N=C/c2ccccc2O)cc1.O=C(N/N=C/c1cccc2cc3ccccc3cc12)c1cc2ccccc2cc1O.O=C(N/N=C/c1ccccc1O)c1cc2ccccc2cc1O.O=C(N/N=C/c1ccccc1O)c1ccc2ccccc2c1. The van der Waals surface area contributed by atoms with Crippen molar-refractivity contribution in [2.75, 3.05) is 0 Å². The fourth-order valence-electron chi connectivity index (χ4n) is 15.1. The van der Waals surface area contributed by atoms with Crippen molar-refractivity contribution in [2.45, 2.75) is 43.1 Å². The molecule has 726 valence electrons. The molecule has 0 fully saturated rings. The number of benzene rings is 20. The van der Waals surface area contributed by atoms with Gasteiger partial charge in [-0.2, -0.15) is 30.6 Å². The van der Waals surface area contributed by atoms with E-state index in [0.717, 1.165) is 109 Å². The summed E-state index contributed by atoms with van der Waals surface area (Å²) in [5.74, 6) is -1.83. The van der Waals surface area contributed by atoms with Crippen LogP contribution < -0.4 is 32.6 Å². The third-order valence-corrected chi connectivity index (χ3v) is 22.7. The Morgan fingerprint density at radius 1 is 0.192 bits per heavy atom. The van der Waals surface area contributed by atoms with Gasteiger partial charge in [0, 0.05) is 55.6 Å². The van der Waals surface area contributed by atoms with Crippen LogP contribution in [0.2, 0.25) is 0 Å². The molecule has 146 heavy (non-hydrogen) atoms. The highest BCUT2D eigenvalue weighted by molar-refractivity contribution is 6.14. The van der Waals surface area contributed by atoms with Gasteiger partial charge in [0.05, 0.1) is 48.4 Å². The topological polar surface area (TPSA) is 370 Å². The zero-order valence-electron chi connectivity index (χ0n) is 77.5. The van der Waals surface area contributed by atoms with Gasteiger partial charge in [0.2, 0.25) is 0 Å². The summed E-state index contributed by atoms with van der Waals surface area (Å²) in [6.07, 6.45) is 8.98. The van der Waals surface area contributed by atoms with Gasteiger partial charge in [-0.1, -0.05) is 312 Å². The summed E-state index contributed by atoms with van der Waals surface area (Å²) in [6, 6.07) is 125. The average molecular weight is 1930 g/mol. The molecule has 0 aliphatic rings. The number of hydrogen-bond acceptors (Lipinski definition) is 18. The predicted molar refractivity (Wildman–Crippen MR) is 592 cm³/mol. The molecule has 20 aromatic carbocycles. The number of nitrogens with zero attached hydrogens (tertiary/aromatic N) is 6. The second-order valence-electron chi connectivity index (χ2n) is 32.7. The molecule has 24 nitrogen and oxygen atoms in total. The van der Waals surface area contributed by atoms with Crippen LogP contribution in [0.5, 0.6) is 34.5 Å². The predicted octanol–water partition coefficient (Wildman–Crippen LogP) is 25.0. The molecule has 12 N–H and O–H groups in total. The van der Waals surface area contributed by atoms with Crippen molar-refractivity contribution in [2.24, 2.45) is 30.6 Å². The minimum atomic E-state index is -0.528. The first kappa shape index (κ1) is 105. The van der Waals surface area contributed by atoms with Crippen molar-refractivity contribution in [3.8, 4) is 34.5 Å². The van der Waals surface area contributed by atoms with E-state index in [2.05, 4.69) is 124 Å². The molecule has 6 amide bonds. The standard InChI is InChI=1S/C26H18N2O2.C23H18N2O.C19H16N2O2.C18H14N2O3.C18H14N2O2.C15H14N2O2.3CH4/c29-25-15-20-9-4-3-8-19(20)14-24(25)26(30)28-27-16-22-11-5-10-21-12-17-6-1-2-7-18(17)13-23(21)22;1-16-10-12-17(13-11-16)23(26)25-24-15-22-20-8-4-2-6-18(20)14-19-7-3-5-9-21(19)22;1-13-6-8-15(9-7-13)19(23)21-20-12-17-16-5-3-2-4-14(16)10-11-18(17)22;21-16-8-4-3-7-14(16)11-19-20-18(23)15-9-12-5-1-2-6-13(12)10-17(15)22;21-17-8-4-3-7-16(17)12-19-20-18(22)15-10-9-13-5-1-2-6-14(13)11-15;1-11-6-8-12(9-7-11)15(19)17-16-10-13-4-2-3-5-14(13)18;;;/h1-16,29H,(H,28,30);2-15H,1H3,(H,25,26);2-12,22H,1H3,(H,21,23);1-11,21-22H,(H,20,23);1-12,21H,(H,20,22);2-10,18H,1H3,(H,17,19);3*1H4/b27-16+;24-15+;20-12+;19-11+;19-12+;16-10+;;;. The smallest absolute Gasteiger partial charge is 0.275 e. The number of carbonyl (C=O) groups excluding carboxylic acids is 6. The third kappa shape index (κ3) is 27.8. The van der Waals surface area contributed by atoms with Crippen LogP contribution in [0.25, 0.3) is 86.2 Å². The molecule has 0 unspecified atom stereocenters. The lowest BCUT2D eigenvalue weighted by Crippen LogP contribution is -2.17. The number of phenolic OH excluding ortho intramolecular Hbond substituents is 6. The molecule has 0 aromatic heterocycles. The van der Waals surface area contributed by atoms with Gasteiger partial charge in [0.15, 0.2) is 0 Å². The van der Waals surface area contributed by atoms with E-state index in [0.29, 0.717) is 44.5 Å². The lowest BCUT2D eigenvalue weighted by molar-refractivity contribution is 0.0944. The summed E-state index contributed by atoms with van der Waals surface area (Å²) in [4.78, 5) is 72.8. The average Bonchev–Trinajstić information content (AvgIpc) is 0.774. The number of aromatic hydroxyl groups is 6.